The van der Waals surface area contributed by atoms with Crippen molar-refractivity contribution in [2.45, 2.75) is 79.1 Å². The zero-order valence-electron chi connectivity index (χ0n) is 27.5. The van der Waals surface area contributed by atoms with Crippen LogP contribution in [0.5, 0.6) is 0 Å². The Bertz CT molecular complexity index is 1890. The first-order valence-corrected chi connectivity index (χ1v) is 24.6. The molecule has 4 aromatic rings. The molecule has 0 unspecified atom stereocenters. The third-order valence-corrected chi connectivity index (χ3v) is 28.5. The van der Waals surface area contributed by atoms with Crippen LogP contribution in [0, 0.1) is 21.0 Å². The van der Waals surface area contributed by atoms with Crippen molar-refractivity contribution in [3.05, 3.63) is 129 Å². The van der Waals surface area contributed by atoms with Gasteiger partial charge in [-0.25, -0.2) is 0 Å². The van der Waals surface area contributed by atoms with Crippen LogP contribution in [0.25, 0.3) is 11.1 Å². The second-order valence-corrected chi connectivity index (χ2v) is 30.5. The van der Waals surface area contributed by atoms with Gasteiger partial charge in [0, 0.05) is 0 Å². The molecule has 0 aliphatic heterocycles. The fourth-order valence-corrected chi connectivity index (χ4v) is 25.5. The van der Waals surface area contributed by atoms with Crippen LogP contribution in [0.15, 0.2) is 88.2 Å². The summed E-state index contributed by atoms with van der Waals surface area (Å²) in [4.78, 5) is 0. The van der Waals surface area contributed by atoms with Gasteiger partial charge in [-0.2, -0.15) is 0 Å². The van der Waals surface area contributed by atoms with Crippen molar-refractivity contribution in [2.75, 3.05) is 0 Å². The Morgan fingerprint density at radius 3 is 1.70 bits per heavy atom. The summed E-state index contributed by atoms with van der Waals surface area (Å²) in [6.07, 6.45) is 8.99. The van der Waals surface area contributed by atoms with Gasteiger partial charge in [-0.3, -0.25) is 0 Å². The first-order chi connectivity index (χ1) is 20.5. The maximum absolute atomic E-state index is 5.75. The van der Waals surface area contributed by atoms with Gasteiger partial charge >= 0.3 is 296 Å². The fourth-order valence-electron chi connectivity index (χ4n) is 8.43. The van der Waals surface area contributed by atoms with Crippen molar-refractivity contribution in [2.24, 2.45) is 0 Å². The van der Waals surface area contributed by atoms with Crippen molar-refractivity contribution >= 4 is 59.2 Å². The average Bonchev–Trinajstić information content (AvgIpc) is 3.60. The van der Waals surface area contributed by atoms with Gasteiger partial charge in [0.05, 0.1) is 0 Å². The minimum atomic E-state index is -4.81. The molecule has 2 aliphatic rings. The van der Waals surface area contributed by atoms with E-state index in [1.165, 1.54) is 61.5 Å². The van der Waals surface area contributed by atoms with E-state index in [1.54, 1.807) is 3.27 Å². The van der Waals surface area contributed by atoms with E-state index in [-0.39, 0.29) is 10.8 Å². The minimum absolute atomic E-state index is 0.0114. The first-order valence-electron chi connectivity index (χ1n) is 15.8. The van der Waals surface area contributed by atoms with Crippen LogP contribution in [0.4, 0.5) is 0 Å². The Hall–Kier alpha value is -1.43. The summed E-state index contributed by atoms with van der Waals surface area (Å²) in [7, 11) is 0. The number of allylic oxidation sites excluding steroid dienone is 4. The van der Waals surface area contributed by atoms with Gasteiger partial charge in [-0.05, 0) is 0 Å². The molecule has 0 spiro atoms. The summed E-state index contributed by atoms with van der Waals surface area (Å²) in [5.41, 5.74) is 11.6. The van der Waals surface area contributed by atoms with E-state index >= 15 is 0 Å². The second kappa shape index (κ2) is 11.1. The van der Waals surface area contributed by atoms with E-state index in [0.29, 0.717) is 0 Å². The molecule has 6 rings (SSSR count). The van der Waals surface area contributed by atoms with Crippen LogP contribution in [0.3, 0.4) is 0 Å². The van der Waals surface area contributed by atoms with Crippen LogP contribution in [0.2, 0.25) is 0 Å². The third-order valence-electron chi connectivity index (χ3n) is 10.4. The summed E-state index contributed by atoms with van der Waals surface area (Å²) in [5.74, 6) is 0. The van der Waals surface area contributed by atoms with Gasteiger partial charge < -0.3 is 0 Å². The Balaban J connectivity index is 1.85. The number of halogens is 2. The molecule has 0 heterocycles. The summed E-state index contributed by atoms with van der Waals surface area (Å²) in [5, 5.41) is 0. The number of hydrogen-bond donors (Lipinski definition) is 0. The van der Waals surface area contributed by atoms with E-state index in [4.69, 9.17) is 4.21 Å². The molecule has 0 atom stereocenters. The quantitative estimate of drug-likeness (QED) is 0.158. The first kappa shape index (κ1) is 32.5. The van der Waals surface area contributed by atoms with E-state index in [0.717, 1.165) is 12.8 Å². The Morgan fingerprint density at radius 1 is 0.705 bits per heavy atom. The van der Waals surface area contributed by atoms with Gasteiger partial charge in [0.25, 0.3) is 0 Å². The Morgan fingerprint density at radius 2 is 1.23 bits per heavy atom. The molecule has 0 N–H and O–H groups in total. The molecule has 226 valence electrons. The van der Waals surface area contributed by atoms with Crippen molar-refractivity contribution in [1.82, 2.24) is 0 Å². The molecule has 0 saturated heterocycles. The van der Waals surface area contributed by atoms with Crippen LogP contribution in [0.1, 0.15) is 81.3 Å². The number of benzene rings is 4. The zero-order chi connectivity index (χ0) is 31.8. The molecule has 0 radical (unpaired) electrons. The van der Waals surface area contributed by atoms with Crippen LogP contribution in [-0.4, -0.2) is 4.21 Å². The van der Waals surface area contributed by atoms with E-state index in [9.17, 15) is 0 Å². The standard InChI is InChI=1S/C23H29.2C6H4I.C5H5.CH2.Zr/c1-14-9-16-11-17-10-15(2)21(23(6,7)8)13-19(17)18(16)12-20(14)22(3,4)5;2*7-6-4-2-1-3-5-6;1-2-4-5-3-1;;/h9,12-13H,11H2,1-8H3;2*2-5H;1-3H,4H2;1H2;. The molecule has 4 aromatic carbocycles. The molecule has 3 heteroatoms. The molecule has 0 amide bonds. The number of hydrogen-bond acceptors (Lipinski definition) is 0. The third kappa shape index (κ3) is 4.93. The topological polar surface area (TPSA) is 0 Å². The van der Waals surface area contributed by atoms with E-state index in [1.807, 2.05) is 0 Å². The monoisotopic (exact) mass is 880 g/mol. The molecule has 2 aliphatic carbocycles. The number of fused-ring (bicyclic) bond motifs is 3. The number of aryl methyl sites for hydroxylation is 1. The molecular formula is C41H44I2Zr. The Kier molecular flexibility index (Phi) is 8.19. The van der Waals surface area contributed by atoms with Gasteiger partial charge in [0.15, 0.2) is 0 Å². The van der Waals surface area contributed by atoms with E-state index in [2.05, 4.69) is 186 Å². The molecule has 0 bridgehead atoms. The van der Waals surface area contributed by atoms with Gasteiger partial charge in [0.1, 0.15) is 0 Å². The van der Waals surface area contributed by atoms with Crippen molar-refractivity contribution < 1.29 is 18.3 Å². The average molecular weight is 882 g/mol. The van der Waals surface area contributed by atoms with Gasteiger partial charge in [0.2, 0.25) is 0 Å². The molecule has 0 saturated carbocycles. The molecule has 0 nitrogen and oxygen atoms in total. The van der Waals surface area contributed by atoms with Gasteiger partial charge in [-0.15, -0.1) is 0 Å². The SMILES string of the molecule is [CH2]=[Zr]([C]1=CC=CC1)([c]1ccc(I)cc1)([c]1ccc(I)cc1)[c]1c(C)c(C(C)(C)C)cc2c1Cc1cc(C)c(C(C)(C)C)cc1-2. The van der Waals surface area contributed by atoms with Crippen molar-refractivity contribution in [1.29, 1.82) is 0 Å². The summed E-state index contributed by atoms with van der Waals surface area (Å²) < 4.78 is 14.2. The van der Waals surface area contributed by atoms with Crippen LogP contribution < -0.4 is 9.81 Å². The number of rotatable bonds is 4. The predicted molar refractivity (Wildman–Crippen MR) is 208 cm³/mol. The molecule has 0 aromatic heterocycles. The predicted octanol–water partition coefficient (Wildman–Crippen LogP) is 9.92. The van der Waals surface area contributed by atoms with Gasteiger partial charge in [-0.1, -0.05) is 0 Å². The van der Waals surface area contributed by atoms with Crippen LogP contribution in [-0.2, 0) is 35.5 Å². The maximum atomic E-state index is 5.75. The molecule has 44 heavy (non-hydrogen) atoms. The Labute approximate surface area is 293 Å². The van der Waals surface area contributed by atoms with E-state index < -0.39 is 18.3 Å². The summed E-state index contributed by atoms with van der Waals surface area (Å²) in [6.45, 7) is 18.9. The fraction of sp³-hybridized carbons (Fsp3) is 0.293. The van der Waals surface area contributed by atoms with Crippen molar-refractivity contribution in [3.63, 3.8) is 0 Å². The molecular weight excluding hydrogens is 837 g/mol. The summed E-state index contributed by atoms with van der Waals surface area (Å²) >= 11 is 0.0876. The summed E-state index contributed by atoms with van der Waals surface area (Å²) in [6, 6.07) is 26.5. The zero-order valence-corrected chi connectivity index (χ0v) is 34.2. The normalized spacial score (nSPS) is 14.9. The van der Waals surface area contributed by atoms with Crippen molar-refractivity contribution in [3.8, 4) is 11.1 Å². The second-order valence-electron chi connectivity index (χ2n) is 15.2. The van der Waals surface area contributed by atoms with Crippen LogP contribution >= 0.6 is 45.2 Å². The molecule has 0 fully saturated rings.